The van der Waals surface area contributed by atoms with Crippen molar-refractivity contribution in [3.63, 3.8) is 0 Å². The highest BCUT2D eigenvalue weighted by Crippen LogP contribution is 2.40. The van der Waals surface area contributed by atoms with E-state index in [1.54, 1.807) is 48.5 Å². The lowest BCUT2D eigenvalue weighted by Gasteiger charge is -2.22. The zero-order chi connectivity index (χ0) is 34.6. The van der Waals surface area contributed by atoms with E-state index in [0.717, 1.165) is 0 Å². The second-order valence-electron chi connectivity index (χ2n) is 11.6. The molecule has 4 amide bonds. The van der Waals surface area contributed by atoms with E-state index < -0.39 is 59.7 Å². The molecule has 2 aromatic rings. The van der Waals surface area contributed by atoms with Gasteiger partial charge in [-0.3, -0.25) is 28.8 Å². The summed E-state index contributed by atoms with van der Waals surface area (Å²) in [6.45, 7) is 10.2. The zero-order valence-electron chi connectivity index (χ0n) is 26.7. The van der Waals surface area contributed by atoms with Crippen LogP contribution in [0, 0.1) is 11.8 Å². The Kier molecular flexibility index (Phi) is 15.1. The Hall–Kier alpha value is -4.04. The summed E-state index contributed by atoms with van der Waals surface area (Å²) in [5, 5.41) is 28.7. The summed E-state index contributed by atoms with van der Waals surface area (Å²) in [6.07, 6.45) is 0.586. The number of hydrogen-bond donors (Lipinski definition) is 6. The van der Waals surface area contributed by atoms with Crippen LogP contribution in [0.4, 0.5) is 0 Å². The highest BCUT2D eigenvalue weighted by molar-refractivity contribution is 8.76. The van der Waals surface area contributed by atoms with Gasteiger partial charge in [-0.05, 0) is 62.8 Å². The number of carbonyl (C=O) groups is 6. The second-order valence-corrected chi connectivity index (χ2v) is 13.8. The van der Waals surface area contributed by atoms with E-state index >= 15 is 0 Å². The summed E-state index contributed by atoms with van der Waals surface area (Å²) in [5.41, 5.74) is 0.576. The molecule has 14 heteroatoms. The number of benzene rings is 2. The van der Waals surface area contributed by atoms with Crippen LogP contribution in [0.5, 0.6) is 0 Å². The van der Waals surface area contributed by atoms with Crippen molar-refractivity contribution in [1.29, 1.82) is 0 Å². The highest BCUT2D eigenvalue weighted by atomic mass is 33.1. The standard InChI is InChI=1S/C32H42N4O8S2/c1-17(2)15-23(29(39)33-19(5)31(41)42)35-27(37)21-11-7-9-13-25(21)45-46-26-14-10-8-12-22(26)28(38)36-24(16-18(3)4)30(40)34-20(6)32(43)44/h7-14,17-20,23-24H,15-16H2,1-6H3,(H,33,39)(H,34,40)(H,35,37)(H,36,38)(H,41,42)(H,43,44). The number of amides is 4. The molecule has 0 radical (unpaired) electrons. The molecule has 6 N–H and O–H groups in total. The van der Waals surface area contributed by atoms with Crippen LogP contribution < -0.4 is 21.3 Å². The molecule has 0 bridgehead atoms. The lowest BCUT2D eigenvalue weighted by Crippen LogP contribution is -2.51. The molecule has 0 saturated carbocycles. The predicted octanol–water partition coefficient (Wildman–Crippen LogP) is 3.95. The quantitative estimate of drug-likeness (QED) is 0.134. The van der Waals surface area contributed by atoms with E-state index in [0.29, 0.717) is 22.6 Å². The number of carbonyl (C=O) groups excluding carboxylic acids is 4. The Morgan fingerprint density at radius 3 is 1.20 bits per heavy atom. The van der Waals surface area contributed by atoms with Crippen molar-refractivity contribution >= 4 is 57.2 Å². The van der Waals surface area contributed by atoms with Gasteiger partial charge >= 0.3 is 11.9 Å². The van der Waals surface area contributed by atoms with Gasteiger partial charge in [-0.25, -0.2) is 0 Å². The number of carboxylic acids is 2. The predicted molar refractivity (Wildman–Crippen MR) is 176 cm³/mol. The number of hydrogen-bond acceptors (Lipinski definition) is 8. The molecule has 250 valence electrons. The van der Waals surface area contributed by atoms with E-state index in [4.69, 9.17) is 0 Å². The van der Waals surface area contributed by atoms with E-state index in [1.165, 1.54) is 35.4 Å². The minimum Gasteiger partial charge on any atom is -0.480 e. The largest absolute Gasteiger partial charge is 0.480 e. The third-order valence-corrected chi connectivity index (χ3v) is 9.08. The third-order valence-electron chi connectivity index (χ3n) is 6.60. The summed E-state index contributed by atoms with van der Waals surface area (Å²) in [4.78, 5) is 76.0. The van der Waals surface area contributed by atoms with Crippen molar-refractivity contribution in [1.82, 2.24) is 21.3 Å². The fourth-order valence-corrected chi connectivity index (χ4v) is 6.53. The minimum atomic E-state index is -1.19. The van der Waals surface area contributed by atoms with Crippen molar-refractivity contribution in [3.8, 4) is 0 Å². The van der Waals surface area contributed by atoms with Crippen LogP contribution in [0.2, 0.25) is 0 Å². The van der Waals surface area contributed by atoms with Crippen molar-refractivity contribution in [2.75, 3.05) is 0 Å². The monoisotopic (exact) mass is 674 g/mol. The molecular formula is C32H42N4O8S2. The first kappa shape index (κ1) is 38.1. The average molecular weight is 675 g/mol. The molecule has 46 heavy (non-hydrogen) atoms. The Balaban J connectivity index is 2.24. The molecular weight excluding hydrogens is 633 g/mol. The molecule has 0 saturated heterocycles. The SMILES string of the molecule is CC(C)CC(NC(=O)c1ccccc1SSc1ccccc1C(=O)NC(CC(C)C)C(=O)NC(C)C(=O)O)C(=O)NC(C)C(=O)O. The maximum absolute atomic E-state index is 13.4. The number of nitrogens with one attached hydrogen (secondary N) is 4. The summed E-state index contributed by atoms with van der Waals surface area (Å²) in [7, 11) is 2.45. The summed E-state index contributed by atoms with van der Waals surface area (Å²) < 4.78 is 0. The van der Waals surface area contributed by atoms with Gasteiger partial charge in [0, 0.05) is 9.79 Å². The maximum Gasteiger partial charge on any atom is 0.325 e. The van der Waals surface area contributed by atoms with Gasteiger partial charge in [0.15, 0.2) is 0 Å². The third kappa shape index (κ3) is 12.0. The second kappa shape index (κ2) is 18.2. The van der Waals surface area contributed by atoms with Gasteiger partial charge in [0.1, 0.15) is 24.2 Å². The summed E-state index contributed by atoms with van der Waals surface area (Å²) in [6, 6.07) is 9.35. The van der Waals surface area contributed by atoms with Gasteiger partial charge in [-0.1, -0.05) is 73.5 Å². The first-order valence-corrected chi connectivity index (χ1v) is 17.0. The van der Waals surface area contributed by atoms with Crippen LogP contribution in [0.25, 0.3) is 0 Å². The smallest absolute Gasteiger partial charge is 0.325 e. The Bertz CT molecular complexity index is 1310. The van der Waals surface area contributed by atoms with Crippen molar-refractivity contribution in [3.05, 3.63) is 59.7 Å². The Labute approximate surface area is 276 Å². The van der Waals surface area contributed by atoms with Crippen LogP contribution in [0.3, 0.4) is 0 Å². The fourth-order valence-electron chi connectivity index (χ4n) is 4.17. The Morgan fingerprint density at radius 1 is 0.565 bits per heavy atom. The van der Waals surface area contributed by atoms with E-state index in [-0.39, 0.29) is 23.0 Å². The van der Waals surface area contributed by atoms with E-state index in [1.807, 2.05) is 27.7 Å². The maximum atomic E-state index is 13.4. The van der Waals surface area contributed by atoms with Crippen LogP contribution in [-0.2, 0) is 19.2 Å². The molecule has 12 nitrogen and oxygen atoms in total. The van der Waals surface area contributed by atoms with Gasteiger partial charge in [0.25, 0.3) is 11.8 Å². The molecule has 4 atom stereocenters. The lowest BCUT2D eigenvalue weighted by molar-refractivity contribution is -0.141. The average Bonchev–Trinajstić information content (AvgIpc) is 2.98. The highest BCUT2D eigenvalue weighted by Gasteiger charge is 2.28. The minimum absolute atomic E-state index is 0.0331. The van der Waals surface area contributed by atoms with Gasteiger partial charge < -0.3 is 31.5 Å². The van der Waals surface area contributed by atoms with Crippen molar-refractivity contribution in [2.45, 2.75) is 88.3 Å². The summed E-state index contributed by atoms with van der Waals surface area (Å²) in [5.74, 6) is -4.55. The van der Waals surface area contributed by atoms with Crippen LogP contribution in [-0.4, -0.2) is 69.9 Å². The van der Waals surface area contributed by atoms with Gasteiger partial charge in [-0.15, -0.1) is 0 Å². The number of rotatable bonds is 17. The molecule has 0 aliphatic carbocycles. The van der Waals surface area contributed by atoms with Crippen LogP contribution >= 0.6 is 21.6 Å². The summed E-state index contributed by atoms with van der Waals surface area (Å²) >= 11 is 0. The normalized spacial score (nSPS) is 13.7. The number of carboxylic acid groups (broad SMARTS) is 2. The van der Waals surface area contributed by atoms with E-state index in [2.05, 4.69) is 21.3 Å². The van der Waals surface area contributed by atoms with E-state index in [9.17, 15) is 39.0 Å². The molecule has 0 aliphatic heterocycles. The molecule has 0 heterocycles. The van der Waals surface area contributed by atoms with Crippen molar-refractivity contribution in [2.24, 2.45) is 11.8 Å². The zero-order valence-corrected chi connectivity index (χ0v) is 28.3. The van der Waals surface area contributed by atoms with Gasteiger partial charge in [0.05, 0.1) is 11.1 Å². The van der Waals surface area contributed by atoms with Crippen LogP contribution in [0.15, 0.2) is 58.3 Å². The Morgan fingerprint density at radius 2 is 0.891 bits per heavy atom. The first-order valence-electron chi connectivity index (χ1n) is 14.8. The molecule has 0 fully saturated rings. The molecule has 2 aromatic carbocycles. The van der Waals surface area contributed by atoms with Crippen LogP contribution in [0.1, 0.15) is 75.1 Å². The van der Waals surface area contributed by atoms with Gasteiger partial charge in [-0.2, -0.15) is 0 Å². The number of aliphatic carboxylic acids is 2. The first-order chi connectivity index (χ1) is 21.6. The molecule has 4 unspecified atom stereocenters. The topological polar surface area (TPSA) is 191 Å². The molecule has 0 spiro atoms. The van der Waals surface area contributed by atoms with Crippen molar-refractivity contribution < 1.29 is 39.0 Å². The molecule has 0 aromatic heterocycles. The lowest BCUT2D eigenvalue weighted by atomic mass is 10.0. The molecule has 0 aliphatic rings. The van der Waals surface area contributed by atoms with Gasteiger partial charge in [0.2, 0.25) is 11.8 Å². The fraction of sp³-hybridized carbons (Fsp3) is 0.438. The molecule has 2 rings (SSSR count).